The fourth-order valence-corrected chi connectivity index (χ4v) is 1.84. The number of hydrogen-bond acceptors (Lipinski definition) is 4. The number of amides is 1. The second kappa shape index (κ2) is 5.59. The van der Waals surface area contributed by atoms with Crippen LogP contribution < -0.4 is 5.32 Å². The van der Waals surface area contributed by atoms with Crippen LogP contribution in [0.5, 0.6) is 0 Å². The first-order valence-corrected chi connectivity index (χ1v) is 5.33. The lowest BCUT2D eigenvalue weighted by Crippen LogP contribution is -2.24. The Balaban J connectivity index is 2.13. The van der Waals surface area contributed by atoms with Gasteiger partial charge in [-0.15, -0.1) is 11.3 Å². The molecule has 78 valence electrons. The summed E-state index contributed by atoms with van der Waals surface area (Å²) in [6.07, 6.45) is 1.42. The van der Waals surface area contributed by atoms with Gasteiger partial charge in [-0.1, -0.05) is 0 Å². The summed E-state index contributed by atoms with van der Waals surface area (Å²) in [5.41, 5.74) is 1.06. The molecule has 1 rings (SSSR count). The number of hydrogen-bond donors (Lipinski definition) is 1. The Morgan fingerprint density at radius 1 is 1.71 bits per heavy atom. The molecule has 0 spiro atoms. The number of ether oxygens (including phenoxy) is 1. The quantitative estimate of drug-likeness (QED) is 0.777. The zero-order valence-corrected chi connectivity index (χ0v) is 9.19. The van der Waals surface area contributed by atoms with Crippen molar-refractivity contribution in [3.05, 3.63) is 16.1 Å². The van der Waals surface area contributed by atoms with Crippen LogP contribution >= 0.6 is 11.3 Å². The Morgan fingerprint density at radius 3 is 3.07 bits per heavy atom. The monoisotopic (exact) mass is 214 g/mol. The van der Waals surface area contributed by atoms with Crippen molar-refractivity contribution in [2.24, 2.45) is 0 Å². The van der Waals surface area contributed by atoms with Crippen molar-refractivity contribution in [2.75, 3.05) is 13.7 Å². The van der Waals surface area contributed by atoms with E-state index in [1.165, 1.54) is 7.11 Å². The zero-order valence-electron chi connectivity index (χ0n) is 8.37. The average Bonchev–Trinajstić information content (AvgIpc) is 2.58. The van der Waals surface area contributed by atoms with Gasteiger partial charge in [0.2, 0.25) is 0 Å². The molecule has 1 heterocycles. The fourth-order valence-electron chi connectivity index (χ4n) is 1.02. The first-order valence-electron chi connectivity index (χ1n) is 4.45. The van der Waals surface area contributed by atoms with Crippen molar-refractivity contribution in [1.82, 2.24) is 10.3 Å². The van der Waals surface area contributed by atoms with Gasteiger partial charge in [0.1, 0.15) is 0 Å². The summed E-state index contributed by atoms with van der Waals surface area (Å²) < 4.78 is 4.44. The van der Waals surface area contributed by atoms with Crippen molar-refractivity contribution >= 4 is 17.4 Å². The minimum atomic E-state index is -0.375. The van der Waals surface area contributed by atoms with Gasteiger partial charge in [-0.05, 0) is 13.3 Å². The van der Waals surface area contributed by atoms with Crippen LogP contribution in [-0.4, -0.2) is 24.7 Å². The van der Waals surface area contributed by atoms with Gasteiger partial charge in [0.05, 0.1) is 12.1 Å². The van der Waals surface area contributed by atoms with E-state index in [9.17, 15) is 4.79 Å². The molecule has 1 N–H and O–H groups in total. The van der Waals surface area contributed by atoms with Gasteiger partial charge in [-0.25, -0.2) is 9.78 Å². The van der Waals surface area contributed by atoms with Gasteiger partial charge >= 0.3 is 6.09 Å². The maximum absolute atomic E-state index is 10.7. The standard InChI is InChI=1S/C9H14N2O2S/c1-7-6-14-8(11-7)4-3-5-10-9(12)13-2/h6H,3-5H2,1-2H3,(H,10,12). The third-order valence-corrected chi connectivity index (χ3v) is 2.72. The van der Waals surface area contributed by atoms with Gasteiger partial charge in [0.25, 0.3) is 0 Å². The maximum atomic E-state index is 10.7. The molecule has 1 amide bonds. The predicted molar refractivity (Wildman–Crippen MR) is 55.6 cm³/mol. The lowest BCUT2D eigenvalue weighted by atomic mass is 10.3. The van der Waals surface area contributed by atoms with E-state index in [4.69, 9.17) is 0 Å². The molecule has 0 saturated carbocycles. The summed E-state index contributed by atoms with van der Waals surface area (Å²) in [5, 5.41) is 5.78. The number of methoxy groups -OCH3 is 1. The highest BCUT2D eigenvalue weighted by atomic mass is 32.1. The molecule has 14 heavy (non-hydrogen) atoms. The highest BCUT2D eigenvalue weighted by Gasteiger charge is 2.00. The van der Waals surface area contributed by atoms with Crippen LogP contribution in [-0.2, 0) is 11.2 Å². The van der Waals surface area contributed by atoms with E-state index in [1.54, 1.807) is 11.3 Å². The summed E-state index contributed by atoms with van der Waals surface area (Å²) in [6, 6.07) is 0. The fraction of sp³-hybridized carbons (Fsp3) is 0.556. The van der Waals surface area contributed by atoms with E-state index in [0.29, 0.717) is 6.54 Å². The summed E-state index contributed by atoms with van der Waals surface area (Å²) >= 11 is 1.66. The number of alkyl carbamates (subject to hydrolysis) is 1. The predicted octanol–water partition coefficient (Wildman–Crippen LogP) is 1.74. The molecule has 0 atom stereocenters. The van der Waals surface area contributed by atoms with Gasteiger partial charge in [0.15, 0.2) is 0 Å². The van der Waals surface area contributed by atoms with E-state index in [0.717, 1.165) is 23.5 Å². The first kappa shape index (κ1) is 11.0. The molecule has 0 saturated heterocycles. The Labute approximate surface area is 87.3 Å². The van der Waals surface area contributed by atoms with E-state index < -0.39 is 0 Å². The summed E-state index contributed by atoms with van der Waals surface area (Å²) in [5.74, 6) is 0. The number of aryl methyl sites for hydroxylation is 2. The molecule has 0 aliphatic rings. The van der Waals surface area contributed by atoms with Crippen molar-refractivity contribution in [3.63, 3.8) is 0 Å². The summed E-state index contributed by atoms with van der Waals surface area (Å²) in [4.78, 5) is 15.0. The third kappa shape index (κ3) is 3.74. The number of carbonyl (C=O) groups excluding carboxylic acids is 1. The van der Waals surface area contributed by atoms with Gasteiger partial charge in [-0.2, -0.15) is 0 Å². The molecular weight excluding hydrogens is 200 g/mol. The molecule has 1 aromatic rings. The van der Waals surface area contributed by atoms with Crippen molar-refractivity contribution in [2.45, 2.75) is 19.8 Å². The molecule has 0 unspecified atom stereocenters. The van der Waals surface area contributed by atoms with E-state index >= 15 is 0 Å². The van der Waals surface area contributed by atoms with Crippen LogP contribution in [0.1, 0.15) is 17.1 Å². The topological polar surface area (TPSA) is 51.2 Å². The molecule has 0 radical (unpaired) electrons. The molecule has 0 fully saturated rings. The minimum Gasteiger partial charge on any atom is -0.453 e. The van der Waals surface area contributed by atoms with Crippen molar-refractivity contribution < 1.29 is 9.53 Å². The smallest absolute Gasteiger partial charge is 0.406 e. The van der Waals surface area contributed by atoms with Crippen LogP contribution in [0.4, 0.5) is 4.79 Å². The van der Waals surface area contributed by atoms with E-state index in [-0.39, 0.29) is 6.09 Å². The number of carbonyl (C=O) groups is 1. The molecule has 1 aromatic heterocycles. The van der Waals surface area contributed by atoms with Crippen LogP contribution in [0.2, 0.25) is 0 Å². The van der Waals surface area contributed by atoms with Gasteiger partial charge < -0.3 is 10.1 Å². The average molecular weight is 214 g/mol. The highest BCUT2D eigenvalue weighted by molar-refractivity contribution is 7.09. The van der Waals surface area contributed by atoms with Crippen molar-refractivity contribution in [3.8, 4) is 0 Å². The molecule has 0 aliphatic heterocycles. The number of rotatable bonds is 4. The van der Waals surface area contributed by atoms with Crippen LogP contribution in [0.15, 0.2) is 5.38 Å². The Kier molecular flexibility index (Phi) is 4.39. The largest absolute Gasteiger partial charge is 0.453 e. The van der Waals surface area contributed by atoms with E-state index in [1.807, 2.05) is 12.3 Å². The summed E-state index contributed by atoms with van der Waals surface area (Å²) in [7, 11) is 1.36. The molecule has 0 aliphatic carbocycles. The molecular formula is C9H14N2O2S. The van der Waals surface area contributed by atoms with Crippen LogP contribution in [0.25, 0.3) is 0 Å². The number of thiazole rings is 1. The van der Waals surface area contributed by atoms with Gasteiger partial charge in [0, 0.05) is 24.0 Å². The first-order chi connectivity index (χ1) is 6.72. The Bertz CT molecular complexity index is 299. The normalized spacial score (nSPS) is 9.86. The molecule has 4 nitrogen and oxygen atoms in total. The minimum absolute atomic E-state index is 0.375. The molecule has 0 bridgehead atoms. The van der Waals surface area contributed by atoms with Crippen LogP contribution in [0.3, 0.4) is 0 Å². The summed E-state index contributed by atoms with van der Waals surface area (Å²) in [6.45, 7) is 2.61. The van der Waals surface area contributed by atoms with Crippen molar-refractivity contribution in [1.29, 1.82) is 0 Å². The Morgan fingerprint density at radius 2 is 2.50 bits per heavy atom. The number of nitrogens with one attached hydrogen (secondary N) is 1. The molecule has 5 heteroatoms. The second-order valence-electron chi connectivity index (χ2n) is 2.90. The third-order valence-electron chi connectivity index (χ3n) is 1.69. The Hall–Kier alpha value is -1.10. The van der Waals surface area contributed by atoms with Crippen LogP contribution in [0, 0.1) is 6.92 Å². The second-order valence-corrected chi connectivity index (χ2v) is 3.85. The molecule has 0 aromatic carbocycles. The lowest BCUT2D eigenvalue weighted by molar-refractivity contribution is 0.171. The lowest BCUT2D eigenvalue weighted by Gasteiger charge is -2.01. The van der Waals surface area contributed by atoms with E-state index in [2.05, 4.69) is 15.0 Å². The number of aromatic nitrogens is 1. The SMILES string of the molecule is COC(=O)NCCCc1nc(C)cs1. The maximum Gasteiger partial charge on any atom is 0.406 e. The van der Waals surface area contributed by atoms with Gasteiger partial charge in [-0.3, -0.25) is 0 Å². The highest BCUT2D eigenvalue weighted by Crippen LogP contribution is 2.10. The zero-order chi connectivity index (χ0) is 10.4. The number of nitrogens with zero attached hydrogens (tertiary/aromatic N) is 1.